The summed E-state index contributed by atoms with van der Waals surface area (Å²) in [6.07, 6.45) is 0. The second-order valence-corrected chi connectivity index (χ2v) is 5.90. The number of hydrogen-bond donors (Lipinski definition) is 3. The van der Waals surface area contributed by atoms with Crippen LogP contribution in [0.3, 0.4) is 0 Å². The lowest BCUT2D eigenvalue weighted by atomic mass is 9.90. The maximum Gasteiger partial charge on any atom is 0.364 e. The van der Waals surface area contributed by atoms with Gasteiger partial charge in [0.25, 0.3) is 11.6 Å². The van der Waals surface area contributed by atoms with Crippen molar-refractivity contribution in [3.63, 3.8) is 0 Å². The summed E-state index contributed by atoms with van der Waals surface area (Å²) in [7, 11) is 1.21. The van der Waals surface area contributed by atoms with Crippen molar-refractivity contribution in [2.24, 2.45) is 0 Å². The zero-order valence-corrected chi connectivity index (χ0v) is 14.9. The number of nitrogens with one attached hydrogen (secondary N) is 1. The first-order chi connectivity index (χ1) is 12.9. The second-order valence-electron chi connectivity index (χ2n) is 5.90. The number of phenolic OH excluding ortho intramolecular Hbond substituents is 2. The molecule has 0 spiro atoms. The van der Waals surface area contributed by atoms with Crippen LogP contribution in [0.1, 0.15) is 18.1 Å². The molecule has 140 valence electrons. The van der Waals surface area contributed by atoms with Gasteiger partial charge in [0.2, 0.25) is 0 Å². The number of carbonyl (C=O) groups is 2. The van der Waals surface area contributed by atoms with Crippen molar-refractivity contribution in [1.29, 1.82) is 0 Å². The molecular weight excluding hydrogens is 350 g/mol. The Morgan fingerprint density at radius 1 is 1.00 bits per heavy atom. The topological polar surface area (TPSA) is 105 Å². The summed E-state index contributed by atoms with van der Waals surface area (Å²) in [5.41, 5.74) is -0.302. The van der Waals surface area contributed by atoms with Gasteiger partial charge in [-0.05, 0) is 42.3 Å². The zero-order chi connectivity index (χ0) is 19.6. The lowest BCUT2D eigenvalue weighted by molar-refractivity contribution is -0.165. The lowest BCUT2D eigenvalue weighted by Crippen LogP contribution is -2.54. The molecule has 2 aromatic rings. The second kappa shape index (κ2) is 7.13. The molecule has 1 heterocycles. The van der Waals surface area contributed by atoms with Gasteiger partial charge >= 0.3 is 5.97 Å². The van der Waals surface area contributed by atoms with Crippen LogP contribution in [-0.4, -0.2) is 41.5 Å². The molecule has 0 aliphatic carbocycles. The number of benzene rings is 2. The quantitative estimate of drug-likeness (QED) is 0.697. The molecule has 2 aromatic carbocycles. The van der Waals surface area contributed by atoms with Crippen LogP contribution in [0.15, 0.2) is 48.5 Å². The fourth-order valence-corrected chi connectivity index (χ4v) is 3.13. The van der Waals surface area contributed by atoms with E-state index in [0.29, 0.717) is 11.1 Å². The molecule has 3 rings (SSSR count). The summed E-state index contributed by atoms with van der Waals surface area (Å²) in [4.78, 5) is 25.5. The maximum absolute atomic E-state index is 12.9. The summed E-state index contributed by atoms with van der Waals surface area (Å²) in [5, 5.41) is 21.8. The number of rotatable bonds is 5. The molecule has 0 fully saturated rings. The number of esters is 1. The third-order valence-corrected chi connectivity index (χ3v) is 4.26. The average Bonchev–Trinajstić information content (AvgIpc) is 2.96. The van der Waals surface area contributed by atoms with Gasteiger partial charge in [-0.1, -0.05) is 24.3 Å². The number of carbonyl (C=O) groups excluding carboxylic acids is 2. The molecule has 7 heteroatoms. The van der Waals surface area contributed by atoms with Crippen LogP contribution in [0.2, 0.25) is 0 Å². The minimum Gasteiger partial charge on any atom is -0.508 e. The van der Waals surface area contributed by atoms with Gasteiger partial charge in [0.1, 0.15) is 11.5 Å². The highest BCUT2D eigenvalue weighted by Crippen LogP contribution is 2.42. The van der Waals surface area contributed by atoms with E-state index in [0.717, 1.165) is 0 Å². The fraction of sp³-hybridized carbons (Fsp3) is 0.200. The van der Waals surface area contributed by atoms with Crippen molar-refractivity contribution < 1.29 is 29.3 Å². The van der Waals surface area contributed by atoms with Crippen LogP contribution in [-0.2, 0) is 19.1 Å². The van der Waals surface area contributed by atoms with E-state index in [1.165, 1.54) is 31.4 Å². The third-order valence-electron chi connectivity index (χ3n) is 4.26. The van der Waals surface area contributed by atoms with E-state index >= 15 is 0 Å². The maximum atomic E-state index is 12.9. The Hall–Kier alpha value is -3.32. The van der Waals surface area contributed by atoms with Gasteiger partial charge in [-0.25, -0.2) is 4.79 Å². The molecule has 3 N–H and O–H groups in total. The molecule has 0 saturated carbocycles. The molecule has 1 atom stereocenters. The number of aromatic hydroxyl groups is 2. The molecule has 0 bridgehead atoms. The number of phenols is 2. The molecule has 1 aliphatic rings. The smallest absolute Gasteiger partial charge is 0.364 e. The Labute approximate surface area is 155 Å². The number of amides is 1. The summed E-state index contributed by atoms with van der Waals surface area (Å²) in [6.45, 7) is 1.84. The first kappa shape index (κ1) is 18.5. The van der Waals surface area contributed by atoms with Gasteiger partial charge < -0.3 is 25.0 Å². The highest BCUT2D eigenvalue weighted by atomic mass is 16.6. The Balaban J connectivity index is 2.32. The minimum atomic E-state index is -1.81. The average molecular weight is 369 g/mol. The first-order valence-electron chi connectivity index (χ1n) is 8.31. The van der Waals surface area contributed by atoms with Crippen LogP contribution in [0.5, 0.6) is 11.5 Å². The number of ether oxygens (including phenoxy) is 2. The third kappa shape index (κ3) is 3.13. The lowest BCUT2D eigenvalue weighted by Gasteiger charge is -2.29. The minimum absolute atomic E-state index is 0.0443. The number of methoxy groups -OCH3 is 1. The number of hydrogen-bond acceptors (Lipinski definition) is 6. The van der Waals surface area contributed by atoms with E-state index in [1.54, 1.807) is 31.2 Å². The van der Waals surface area contributed by atoms with Crippen molar-refractivity contribution in [3.05, 3.63) is 59.7 Å². The Kier molecular flexibility index (Phi) is 4.87. The van der Waals surface area contributed by atoms with Crippen LogP contribution in [0, 0.1) is 0 Å². The molecule has 1 aliphatic heterocycles. The molecule has 1 amide bonds. The van der Waals surface area contributed by atoms with Gasteiger partial charge in [-0.3, -0.25) is 4.79 Å². The first-order valence-corrected chi connectivity index (χ1v) is 8.31. The summed E-state index contributed by atoms with van der Waals surface area (Å²) in [5.74, 6) is -1.19. The monoisotopic (exact) mass is 369 g/mol. The van der Waals surface area contributed by atoms with Crippen molar-refractivity contribution in [2.75, 3.05) is 13.7 Å². The normalized spacial score (nSPS) is 19.1. The van der Waals surface area contributed by atoms with Crippen molar-refractivity contribution in [1.82, 2.24) is 5.32 Å². The van der Waals surface area contributed by atoms with E-state index in [2.05, 4.69) is 5.32 Å². The predicted octanol–water partition coefficient (Wildman–Crippen LogP) is 2.04. The Bertz CT molecular complexity index is 901. The van der Waals surface area contributed by atoms with E-state index in [-0.39, 0.29) is 29.3 Å². The molecule has 0 aromatic heterocycles. The van der Waals surface area contributed by atoms with E-state index in [9.17, 15) is 19.8 Å². The van der Waals surface area contributed by atoms with Gasteiger partial charge in [-0.2, -0.15) is 0 Å². The molecule has 0 radical (unpaired) electrons. The molecular formula is C20H19NO6. The molecule has 27 heavy (non-hydrogen) atoms. The molecule has 0 unspecified atom stereocenters. The van der Waals surface area contributed by atoms with Crippen LogP contribution >= 0.6 is 0 Å². The highest BCUT2D eigenvalue weighted by Gasteiger charge is 2.54. The van der Waals surface area contributed by atoms with Crippen molar-refractivity contribution in [3.8, 4) is 11.5 Å². The summed E-state index contributed by atoms with van der Waals surface area (Å²) < 4.78 is 10.6. The Morgan fingerprint density at radius 2 is 1.52 bits per heavy atom. The standard InChI is InChI=1S/C20H19NO6/c1-3-27-20(19(25)26-2)17(13-6-10-15(23)11-7-13)16(18(24)21-20)12-4-8-14(22)9-5-12/h4-11,22-23H,3H2,1-2H3,(H,21,24)/t20-/m0/s1. The summed E-state index contributed by atoms with van der Waals surface area (Å²) in [6, 6.07) is 12.1. The SMILES string of the molecule is CCO[C@@]1(C(=O)OC)NC(=O)C(c2ccc(O)cc2)=C1c1ccc(O)cc1. The van der Waals surface area contributed by atoms with E-state index in [4.69, 9.17) is 9.47 Å². The van der Waals surface area contributed by atoms with Gasteiger partial charge in [0, 0.05) is 12.2 Å². The zero-order valence-electron chi connectivity index (χ0n) is 14.9. The van der Waals surface area contributed by atoms with Crippen LogP contribution in [0.4, 0.5) is 0 Å². The largest absolute Gasteiger partial charge is 0.508 e. The van der Waals surface area contributed by atoms with Gasteiger partial charge in [0.05, 0.1) is 12.7 Å². The van der Waals surface area contributed by atoms with Gasteiger partial charge in [0.15, 0.2) is 0 Å². The van der Waals surface area contributed by atoms with Gasteiger partial charge in [-0.15, -0.1) is 0 Å². The fourth-order valence-electron chi connectivity index (χ4n) is 3.13. The van der Waals surface area contributed by atoms with Crippen molar-refractivity contribution in [2.45, 2.75) is 12.6 Å². The Morgan fingerprint density at radius 3 is 2.00 bits per heavy atom. The molecule has 7 nitrogen and oxygen atoms in total. The van der Waals surface area contributed by atoms with E-state index < -0.39 is 17.6 Å². The van der Waals surface area contributed by atoms with Crippen LogP contribution in [0.25, 0.3) is 11.1 Å². The van der Waals surface area contributed by atoms with Crippen molar-refractivity contribution >= 4 is 23.0 Å². The highest BCUT2D eigenvalue weighted by molar-refractivity contribution is 6.34. The van der Waals surface area contributed by atoms with Crippen LogP contribution < -0.4 is 5.32 Å². The molecule has 0 saturated heterocycles. The predicted molar refractivity (Wildman–Crippen MR) is 97.5 cm³/mol. The summed E-state index contributed by atoms with van der Waals surface area (Å²) >= 11 is 0. The van der Waals surface area contributed by atoms with E-state index in [1.807, 2.05) is 0 Å².